The minimum Gasteiger partial charge on any atom is -0.480 e. The lowest BCUT2D eigenvalue weighted by molar-refractivity contribution is -0.142. The molecule has 0 aromatic heterocycles. The molecule has 1 fully saturated rings. The average molecular weight is 256 g/mol. The molecule has 0 saturated carbocycles. The molecule has 2 amide bonds. The van der Waals surface area contributed by atoms with Crippen LogP contribution in [0.15, 0.2) is 0 Å². The topological polar surface area (TPSA) is 77.9 Å². The van der Waals surface area contributed by atoms with Gasteiger partial charge >= 0.3 is 5.97 Å². The number of rotatable bonds is 6. The molecular weight excluding hydrogens is 236 g/mol. The van der Waals surface area contributed by atoms with Crippen LogP contribution in [0.3, 0.4) is 0 Å². The van der Waals surface area contributed by atoms with Crippen LogP contribution < -0.4 is 0 Å². The molecular formula is C12H20N2O4. The van der Waals surface area contributed by atoms with Crippen molar-refractivity contribution in [1.29, 1.82) is 0 Å². The van der Waals surface area contributed by atoms with Gasteiger partial charge in [-0.25, -0.2) is 0 Å². The van der Waals surface area contributed by atoms with E-state index in [9.17, 15) is 14.4 Å². The SMILES string of the molecule is CCCN(CC(=O)O)C1CC(=O)N(C(C)C)C1=O. The number of carboxylic acids is 1. The summed E-state index contributed by atoms with van der Waals surface area (Å²) in [5.74, 6) is -1.47. The van der Waals surface area contributed by atoms with Crippen molar-refractivity contribution in [3.8, 4) is 0 Å². The lowest BCUT2D eigenvalue weighted by atomic mass is 10.2. The van der Waals surface area contributed by atoms with E-state index >= 15 is 0 Å². The van der Waals surface area contributed by atoms with Crippen molar-refractivity contribution in [1.82, 2.24) is 9.80 Å². The molecule has 1 rings (SSSR count). The van der Waals surface area contributed by atoms with Gasteiger partial charge in [0, 0.05) is 6.04 Å². The Hall–Kier alpha value is -1.43. The van der Waals surface area contributed by atoms with Crippen molar-refractivity contribution in [3.05, 3.63) is 0 Å². The van der Waals surface area contributed by atoms with Gasteiger partial charge < -0.3 is 5.11 Å². The summed E-state index contributed by atoms with van der Waals surface area (Å²) in [5.41, 5.74) is 0. The second kappa shape index (κ2) is 5.95. The number of imide groups is 1. The number of likely N-dealkylation sites (tertiary alicyclic amines) is 1. The predicted molar refractivity (Wildman–Crippen MR) is 64.9 cm³/mol. The third-order valence-corrected chi connectivity index (χ3v) is 2.97. The van der Waals surface area contributed by atoms with Crippen LogP contribution in [0.5, 0.6) is 0 Å². The largest absolute Gasteiger partial charge is 0.480 e. The number of carbonyl (C=O) groups is 3. The Morgan fingerprint density at radius 3 is 2.50 bits per heavy atom. The number of hydrogen-bond donors (Lipinski definition) is 1. The van der Waals surface area contributed by atoms with Crippen LogP contribution in [0.25, 0.3) is 0 Å². The molecule has 1 saturated heterocycles. The molecule has 0 bridgehead atoms. The molecule has 1 unspecified atom stereocenters. The van der Waals surface area contributed by atoms with E-state index in [2.05, 4.69) is 0 Å². The summed E-state index contributed by atoms with van der Waals surface area (Å²) in [4.78, 5) is 37.5. The zero-order valence-electron chi connectivity index (χ0n) is 11.0. The van der Waals surface area contributed by atoms with E-state index in [0.717, 1.165) is 6.42 Å². The lowest BCUT2D eigenvalue weighted by Gasteiger charge is -2.26. The van der Waals surface area contributed by atoms with Crippen LogP contribution in [0.4, 0.5) is 0 Å². The molecule has 0 radical (unpaired) electrons. The van der Waals surface area contributed by atoms with Gasteiger partial charge in [0.25, 0.3) is 0 Å². The third-order valence-electron chi connectivity index (χ3n) is 2.97. The number of nitrogens with zero attached hydrogens (tertiary/aromatic N) is 2. The van der Waals surface area contributed by atoms with E-state index < -0.39 is 12.0 Å². The monoisotopic (exact) mass is 256 g/mol. The van der Waals surface area contributed by atoms with E-state index in [1.807, 2.05) is 6.92 Å². The van der Waals surface area contributed by atoms with Crippen molar-refractivity contribution < 1.29 is 19.5 Å². The Morgan fingerprint density at radius 2 is 2.11 bits per heavy atom. The molecule has 6 nitrogen and oxygen atoms in total. The minimum absolute atomic E-state index is 0.0876. The zero-order chi connectivity index (χ0) is 13.9. The molecule has 1 aliphatic rings. The van der Waals surface area contributed by atoms with Crippen molar-refractivity contribution >= 4 is 17.8 Å². The first-order chi connectivity index (χ1) is 8.38. The second-order valence-electron chi connectivity index (χ2n) is 4.78. The van der Waals surface area contributed by atoms with Crippen LogP contribution in [0, 0.1) is 0 Å². The molecule has 102 valence electrons. The lowest BCUT2D eigenvalue weighted by Crippen LogP contribution is -2.46. The summed E-state index contributed by atoms with van der Waals surface area (Å²) < 4.78 is 0. The molecule has 1 N–H and O–H groups in total. The zero-order valence-corrected chi connectivity index (χ0v) is 11.0. The maximum atomic E-state index is 12.1. The number of aliphatic carboxylic acids is 1. The predicted octanol–water partition coefficient (Wildman–Crippen LogP) is 0.319. The van der Waals surface area contributed by atoms with Crippen molar-refractivity contribution in [2.45, 2.75) is 45.7 Å². The van der Waals surface area contributed by atoms with Gasteiger partial charge in [-0.15, -0.1) is 0 Å². The Kier molecular flexibility index (Phi) is 4.84. The standard InChI is InChI=1S/C12H20N2O4/c1-4-5-13(7-11(16)17)9-6-10(15)14(8(2)3)12(9)18/h8-9H,4-7H2,1-3H3,(H,16,17). The molecule has 18 heavy (non-hydrogen) atoms. The summed E-state index contributed by atoms with van der Waals surface area (Å²) in [5, 5.41) is 8.85. The maximum Gasteiger partial charge on any atom is 0.317 e. The fourth-order valence-electron chi connectivity index (χ4n) is 2.27. The third kappa shape index (κ3) is 3.07. The summed E-state index contributed by atoms with van der Waals surface area (Å²) in [6, 6.07) is -0.792. The highest BCUT2D eigenvalue weighted by atomic mass is 16.4. The van der Waals surface area contributed by atoms with Gasteiger partial charge in [-0.05, 0) is 26.8 Å². The summed E-state index contributed by atoms with van der Waals surface area (Å²) >= 11 is 0. The Bertz CT molecular complexity index is 354. The fourth-order valence-corrected chi connectivity index (χ4v) is 2.27. The molecule has 0 aliphatic carbocycles. The van der Waals surface area contributed by atoms with Gasteiger partial charge in [-0.1, -0.05) is 6.92 Å². The van der Waals surface area contributed by atoms with Crippen LogP contribution in [0.2, 0.25) is 0 Å². The molecule has 1 heterocycles. The van der Waals surface area contributed by atoms with E-state index in [-0.39, 0.29) is 30.8 Å². The van der Waals surface area contributed by atoms with Gasteiger partial charge in [0.1, 0.15) is 0 Å². The van der Waals surface area contributed by atoms with Crippen LogP contribution >= 0.6 is 0 Å². The van der Waals surface area contributed by atoms with E-state index in [1.54, 1.807) is 18.7 Å². The molecule has 0 aromatic carbocycles. The van der Waals surface area contributed by atoms with Gasteiger partial charge in [0.2, 0.25) is 11.8 Å². The Labute approximate surface area is 107 Å². The summed E-state index contributed by atoms with van der Waals surface area (Å²) in [6.45, 7) is 5.76. The first-order valence-electron chi connectivity index (χ1n) is 6.20. The van der Waals surface area contributed by atoms with Gasteiger partial charge in [0.05, 0.1) is 19.0 Å². The highest BCUT2D eigenvalue weighted by molar-refractivity contribution is 6.05. The van der Waals surface area contributed by atoms with E-state index in [4.69, 9.17) is 5.11 Å². The molecule has 1 atom stereocenters. The van der Waals surface area contributed by atoms with Gasteiger partial charge in [-0.3, -0.25) is 24.2 Å². The number of hydrogen-bond acceptors (Lipinski definition) is 4. The van der Waals surface area contributed by atoms with Gasteiger partial charge in [0.15, 0.2) is 0 Å². The molecule has 0 spiro atoms. The van der Waals surface area contributed by atoms with Crippen molar-refractivity contribution in [2.24, 2.45) is 0 Å². The number of carboxylic acid groups (broad SMARTS) is 1. The molecule has 1 aliphatic heterocycles. The highest BCUT2D eigenvalue weighted by Crippen LogP contribution is 2.21. The average Bonchev–Trinajstić information content (AvgIpc) is 2.52. The maximum absolute atomic E-state index is 12.1. The summed E-state index contributed by atoms with van der Waals surface area (Å²) in [6.07, 6.45) is 0.831. The highest BCUT2D eigenvalue weighted by Gasteiger charge is 2.43. The minimum atomic E-state index is -0.980. The van der Waals surface area contributed by atoms with Crippen LogP contribution in [-0.2, 0) is 14.4 Å². The first-order valence-corrected chi connectivity index (χ1v) is 6.20. The van der Waals surface area contributed by atoms with E-state index in [0.29, 0.717) is 6.54 Å². The van der Waals surface area contributed by atoms with Crippen LogP contribution in [0.1, 0.15) is 33.6 Å². The smallest absolute Gasteiger partial charge is 0.317 e. The second-order valence-corrected chi connectivity index (χ2v) is 4.78. The van der Waals surface area contributed by atoms with Crippen molar-refractivity contribution in [3.63, 3.8) is 0 Å². The molecule has 6 heteroatoms. The Balaban J connectivity index is 2.84. The quantitative estimate of drug-likeness (QED) is 0.692. The molecule has 0 aromatic rings. The Morgan fingerprint density at radius 1 is 1.50 bits per heavy atom. The normalized spacial score (nSPS) is 20.3. The van der Waals surface area contributed by atoms with E-state index in [1.165, 1.54) is 4.90 Å². The summed E-state index contributed by atoms with van der Waals surface area (Å²) in [7, 11) is 0. The van der Waals surface area contributed by atoms with Crippen LogP contribution in [-0.4, -0.2) is 57.9 Å². The number of amides is 2. The van der Waals surface area contributed by atoms with Gasteiger partial charge in [-0.2, -0.15) is 0 Å². The van der Waals surface area contributed by atoms with Crippen molar-refractivity contribution in [2.75, 3.05) is 13.1 Å². The number of carbonyl (C=O) groups excluding carboxylic acids is 2. The fraction of sp³-hybridized carbons (Fsp3) is 0.750. The first kappa shape index (κ1) is 14.6.